The first-order valence-electron chi connectivity index (χ1n) is 8.94. The lowest BCUT2D eigenvalue weighted by Crippen LogP contribution is -2.51. The van der Waals surface area contributed by atoms with Crippen molar-refractivity contribution in [1.29, 1.82) is 0 Å². The number of carbonyl (C=O) groups is 1. The summed E-state index contributed by atoms with van der Waals surface area (Å²) in [4.78, 5) is 29.1. The van der Waals surface area contributed by atoms with Crippen LogP contribution in [-0.4, -0.2) is 40.7 Å². The van der Waals surface area contributed by atoms with Gasteiger partial charge in [-0.3, -0.25) is 10.1 Å². The SMILES string of the molecule is Cc1nc(N2CCCC(C)C2CNC(=O)OC(C)(C)C)ccc1[N+](=O)[O-]. The monoisotopic (exact) mass is 364 g/mol. The fraction of sp³-hybridized carbons (Fsp3) is 0.667. The number of amides is 1. The van der Waals surface area contributed by atoms with Crippen molar-refractivity contribution in [3.63, 3.8) is 0 Å². The molecule has 144 valence electrons. The van der Waals surface area contributed by atoms with E-state index in [9.17, 15) is 14.9 Å². The van der Waals surface area contributed by atoms with Crippen LogP contribution in [-0.2, 0) is 4.74 Å². The number of piperidine rings is 1. The molecule has 1 saturated heterocycles. The van der Waals surface area contributed by atoms with Gasteiger partial charge >= 0.3 is 6.09 Å². The van der Waals surface area contributed by atoms with E-state index in [2.05, 4.69) is 22.1 Å². The Morgan fingerprint density at radius 3 is 2.73 bits per heavy atom. The van der Waals surface area contributed by atoms with E-state index in [0.29, 0.717) is 24.0 Å². The van der Waals surface area contributed by atoms with Crippen molar-refractivity contribution in [2.45, 2.75) is 59.1 Å². The van der Waals surface area contributed by atoms with Gasteiger partial charge in [0.2, 0.25) is 0 Å². The lowest BCUT2D eigenvalue weighted by atomic mass is 9.90. The van der Waals surface area contributed by atoms with E-state index in [1.165, 1.54) is 6.07 Å². The third-order valence-corrected chi connectivity index (χ3v) is 4.50. The lowest BCUT2D eigenvalue weighted by Gasteiger charge is -2.41. The summed E-state index contributed by atoms with van der Waals surface area (Å²) in [5.74, 6) is 1.06. The molecule has 1 N–H and O–H groups in total. The summed E-state index contributed by atoms with van der Waals surface area (Å²) in [5, 5.41) is 13.9. The van der Waals surface area contributed by atoms with Gasteiger partial charge < -0.3 is 15.0 Å². The Labute approximate surface area is 154 Å². The molecule has 1 aliphatic heterocycles. The average molecular weight is 364 g/mol. The maximum atomic E-state index is 12.0. The van der Waals surface area contributed by atoms with Crippen LogP contribution < -0.4 is 10.2 Å². The summed E-state index contributed by atoms with van der Waals surface area (Å²) in [6.07, 6.45) is 1.63. The van der Waals surface area contributed by atoms with Gasteiger partial charge in [0.25, 0.3) is 5.69 Å². The standard InChI is InChI=1S/C18H28N4O4/c1-12-7-6-10-21(15(12)11-19-17(23)26-18(3,4)5)16-9-8-14(22(24)25)13(2)20-16/h8-9,12,15H,6-7,10-11H2,1-5H3,(H,19,23). The zero-order valence-corrected chi connectivity index (χ0v) is 16.1. The molecule has 1 amide bonds. The summed E-state index contributed by atoms with van der Waals surface area (Å²) >= 11 is 0. The third-order valence-electron chi connectivity index (χ3n) is 4.50. The molecule has 2 heterocycles. The number of alkyl carbamates (subject to hydrolysis) is 1. The van der Waals surface area contributed by atoms with E-state index in [4.69, 9.17) is 4.74 Å². The predicted octanol–water partition coefficient (Wildman–Crippen LogP) is 3.43. The second-order valence-corrected chi connectivity index (χ2v) is 7.79. The predicted molar refractivity (Wildman–Crippen MR) is 99.4 cm³/mol. The van der Waals surface area contributed by atoms with Crippen molar-refractivity contribution in [1.82, 2.24) is 10.3 Å². The van der Waals surface area contributed by atoms with E-state index in [1.807, 2.05) is 20.8 Å². The molecule has 0 aliphatic carbocycles. The molecule has 8 heteroatoms. The maximum Gasteiger partial charge on any atom is 0.407 e. The van der Waals surface area contributed by atoms with Gasteiger partial charge in [-0.05, 0) is 52.5 Å². The van der Waals surface area contributed by atoms with Crippen molar-refractivity contribution < 1.29 is 14.5 Å². The lowest BCUT2D eigenvalue weighted by molar-refractivity contribution is -0.385. The Hall–Kier alpha value is -2.38. The van der Waals surface area contributed by atoms with Crippen LogP contribution in [0.1, 0.15) is 46.2 Å². The maximum absolute atomic E-state index is 12.0. The molecule has 0 radical (unpaired) electrons. The fourth-order valence-electron chi connectivity index (χ4n) is 3.24. The van der Waals surface area contributed by atoms with Gasteiger partial charge in [0, 0.05) is 19.2 Å². The first-order valence-corrected chi connectivity index (χ1v) is 8.94. The largest absolute Gasteiger partial charge is 0.444 e. The van der Waals surface area contributed by atoms with Gasteiger partial charge in [-0.25, -0.2) is 9.78 Å². The smallest absolute Gasteiger partial charge is 0.407 e. The van der Waals surface area contributed by atoms with E-state index in [-0.39, 0.29) is 11.7 Å². The second-order valence-electron chi connectivity index (χ2n) is 7.79. The normalized spacial score (nSPS) is 20.6. The fourth-order valence-corrected chi connectivity index (χ4v) is 3.24. The number of carbonyl (C=O) groups excluding carboxylic acids is 1. The molecule has 0 bridgehead atoms. The Bertz CT molecular complexity index is 672. The first kappa shape index (κ1) is 19.9. The van der Waals surface area contributed by atoms with Crippen LogP contribution in [0.4, 0.5) is 16.3 Å². The number of ether oxygens (including phenoxy) is 1. The van der Waals surface area contributed by atoms with Crippen molar-refractivity contribution in [2.24, 2.45) is 5.92 Å². The number of nitrogens with zero attached hydrogens (tertiary/aromatic N) is 3. The molecular weight excluding hydrogens is 336 g/mol. The minimum Gasteiger partial charge on any atom is -0.444 e. The minimum atomic E-state index is -0.543. The zero-order valence-electron chi connectivity index (χ0n) is 16.1. The van der Waals surface area contributed by atoms with Crippen LogP contribution in [0.3, 0.4) is 0 Å². The molecule has 2 unspecified atom stereocenters. The molecule has 2 atom stereocenters. The highest BCUT2D eigenvalue weighted by atomic mass is 16.6. The van der Waals surface area contributed by atoms with Gasteiger partial charge in [0.15, 0.2) is 0 Å². The third kappa shape index (κ3) is 5.06. The highest BCUT2D eigenvalue weighted by molar-refractivity contribution is 5.67. The molecule has 0 spiro atoms. The van der Waals surface area contributed by atoms with E-state index >= 15 is 0 Å². The zero-order chi connectivity index (χ0) is 19.5. The highest BCUT2D eigenvalue weighted by Crippen LogP contribution is 2.29. The summed E-state index contributed by atoms with van der Waals surface area (Å²) in [7, 11) is 0. The first-order chi connectivity index (χ1) is 12.1. The van der Waals surface area contributed by atoms with Crippen LogP contribution in [0.2, 0.25) is 0 Å². The highest BCUT2D eigenvalue weighted by Gasteiger charge is 2.31. The van der Waals surface area contributed by atoms with Crippen LogP contribution in [0.5, 0.6) is 0 Å². The van der Waals surface area contributed by atoms with Crippen LogP contribution in [0, 0.1) is 23.0 Å². The van der Waals surface area contributed by atoms with Crippen molar-refractivity contribution in [3.05, 3.63) is 27.9 Å². The van der Waals surface area contributed by atoms with Crippen molar-refractivity contribution in [3.8, 4) is 0 Å². The molecule has 8 nitrogen and oxygen atoms in total. The summed E-state index contributed by atoms with van der Waals surface area (Å²) in [5.41, 5.74) is -0.134. The topological polar surface area (TPSA) is 97.6 Å². The molecule has 0 aromatic carbocycles. The summed E-state index contributed by atoms with van der Waals surface area (Å²) < 4.78 is 5.31. The molecule has 0 saturated carbocycles. The Balaban J connectivity index is 2.14. The Morgan fingerprint density at radius 1 is 1.46 bits per heavy atom. The van der Waals surface area contributed by atoms with Gasteiger partial charge in [-0.1, -0.05) is 6.92 Å². The number of anilines is 1. The van der Waals surface area contributed by atoms with E-state index < -0.39 is 16.6 Å². The number of aryl methyl sites for hydroxylation is 1. The Morgan fingerprint density at radius 2 is 2.15 bits per heavy atom. The van der Waals surface area contributed by atoms with Gasteiger partial charge in [-0.2, -0.15) is 0 Å². The number of nitrogens with one attached hydrogen (secondary N) is 1. The average Bonchev–Trinajstić information content (AvgIpc) is 2.51. The number of hydrogen-bond acceptors (Lipinski definition) is 6. The van der Waals surface area contributed by atoms with Gasteiger partial charge in [-0.15, -0.1) is 0 Å². The number of aromatic nitrogens is 1. The molecule has 1 fully saturated rings. The molecule has 2 rings (SSSR count). The minimum absolute atomic E-state index is 0.0160. The van der Waals surface area contributed by atoms with Crippen molar-refractivity contribution in [2.75, 3.05) is 18.0 Å². The summed E-state index contributed by atoms with van der Waals surface area (Å²) in [6, 6.07) is 3.24. The summed E-state index contributed by atoms with van der Waals surface area (Å²) in [6.45, 7) is 10.5. The van der Waals surface area contributed by atoms with Crippen LogP contribution in [0.15, 0.2) is 12.1 Å². The van der Waals surface area contributed by atoms with Gasteiger partial charge in [0.1, 0.15) is 17.1 Å². The van der Waals surface area contributed by atoms with E-state index in [0.717, 1.165) is 19.4 Å². The number of nitro groups is 1. The quantitative estimate of drug-likeness (QED) is 0.649. The van der Waals surface area contributed by atoms with Crippen LogP contribution >= 0.6 is 0 Å². The second kappa shape index (κ2) is 7.88. The molecular formula is C18H28N4O4. The number of rotatable bonds is 4. The number of hydrogen-bond donors (Lipinski definition) is 1. The molecule has 1 aliphatic rings. The van der Waals surface area contributed by atoms with Gasteiger partial charge in [0.05, 0.1) is 11.0 Å². The molecule has 1 aromatic heterocycles. The molecule has 26 heavy (non-hydrogen) atoms. The molecule has 1 aromatic rings. The Kier molecular flexibility index (Phi) is 6.05. The van der Waals surface area contributed by atoms with E-state index in [1.54, 1.807) is 13.0 Å². The van der Waals surface area contributed by atoms with Crippen molar-refractivity contribution >= 4 is 17.6 Å². The van der Waals surface area contributed by atoms with Crippen LogP contribution in [0.25, 0.3) is 0 Å². The number of pyridine rings is 1.